The van der Waals surface area contributed by atoms with Crippen LogP contribution in [0.2, 0.25) is 0 Å². The molecule has 3 aromatic heterocycles. The molecule has 3 N–H and O–H groups in total. The van der Waals surface area contributed by atoms with Gasteiger partial charge >= 0.3 is 0 Å². The summed E-state index contributed by atoms with van der Waals surface area (Å²) in [5, 5.41) is 15.7. The SMILES string of the molecule is C[C@@H](CO)Nc1nc(NCCc2ccccn2)cc(-c2ccncc2)n1. The van der Waals surface area contributed by atoms with E-state index in [9.17, 15) is 5.11 Å². The molecule has 26 heavy (non-hydrogen) atoms. The first-order valence-corrected chi connectivity index (χ1v) is 8.55. The zero-order valence-electron chi connectivity index (χ0n) is 14.6. The molecule has 0 spiro atoms. The molecule has 0 aromatic carbocycles. The molecule has 0 amide bonds. The molecule has 3 aromatic rings. The number of aromatic nitrogens is 4. The van der Waals surface area contributed by atoms with E-state index in [4.69, 9.17) is 0 Å². The van der Waals surface area contributed by atoms with E-state index in [1.165, 1.54) is 0 Å². The van der Waals surface area contributed by atoms with E-state index in [0.29, 0.717) is 12.5 Å². The van der Waals surface area contributed by atoms with Crippen molar-refractivity contribution in [3.63, 3.8) is 0 Å². The number of hydrogen-bond acceptors (Lipinski definition) is 7. The molecular weight excluding hydrogens is 328 g/mol. The minimum Gasteiger partial charge on any atom is -0.394 e. The van der Waals surface area contributed by atoms with Crippen LogP contribution < -0.4 is 10.6 Å². The van der Waals surface area contributed by atoms with Gasteiger partial charge in [-0.15, -0.1) is 0 Å². The molecule has 7 heteroatoms. The van der Waals surface area contributed by atoms with E-state index in [1.807, 2.05) is 43.3 Å². The van der Waals surface area contributed by atoms with Gasteiger partial charge in [0.05, 0.1) is 12.3 Å². The summed E-state index contributed by atoms with van der Waals surface area (Å²) >= 11 is 0. The van der Waals surface area contributed by atoms with Crippen LogP contribution in [0.15, 0.2) is 55.0 Å². The number of nitrogens with zero attached hydrogens (tertiary/aromatic N) is 4. The van der Waals surface area contributed by atoms with Gasteiger partial charge < -0.3 is 15.7 Å². The zero-order chi connectivity index (χ0) is 18.2. The molecule has 0 unspecified atom stereocenters. The first-order valence-electron chi connectivity index (χ1n) is 8.55. The fourth-order valence-corrected chi connectivity index (χ4v) is 2.40. The normalized spacial score (nSPS) is 11.8. The van der Waals surface area contributed by atoms with Gasteiger partial charge in [0.2, 0.25) is 5.95 Å². The van der Waals surface area contributed by atoms with Gasteiger partial charge in [0.15, 0.2) is 0 Å². The van der Waals surface area contributed by atoms with Crippen LogP contribution in [0.4, 0.5) is 11.8 Å². The number of nitrogens with one attached hydrogen (secondary N) is 2. The number of pyridine rings is 2. The Kier molecular flexibility index (Phi) is 6.05. The van der Waals surface area contributed by atoms with Gasteiger partial charge in [0.25, 0.3) is 0 Å². The van der Waals surface area contributed by atoms with Crippen molar-refractivity contribution in [2.45, 2.75) is 19.4 Å². The van der Waals surface area contributed by atoms with Crippen LogP contribution in [-0.4, -0.2) is 44.2 Å². The van der Waals surface area contributed by atoms with Gasteiger partial charge in [-0.2, -0.15) is 4.98 Å². The summed E-state index contributed by atoms with van der Waals surface area (Å²) in [6.45, 7) is 2.58. The van der Waals surface area contributed by atoms with Crippen molar-refractivity contribution in [1.82, 2.24) is 19.9 Å². The Balaban J connectivity index is 1.77. The fraction of sp³-hybridized carbons (Fsp3) is 0.263. The number of hydrogen-bond donors (Lipinski definition) is 3. The number of rotatable bonds is 8. The maximum atomic E-state index is 9.27. The number of anilines is 2. The molecule has 134 valence electrons. The van der Waals surface area contributed by atoms with Crippen LogP contribution in [0.5, 0.6) is 0 Å². The maximum Gasteiger partial charge on any atom is 0.225 e. The third kappa shape index (κ3) is 4.97. The first-order chi connectivity index (χ1) is 12.7. The van der Waals surface area contributed by atoms with Crippen LogP contribution in [0.3, 0.4) is 0 Å². The molecule has 0 fully saturated rings. The summed E-state index contributed by atoms with van der Waals surface area (Å²) in [6.07, 6.45) is 6.05. The largest absolute Gasteiger partial charge is 0.394 e. The van der Waals surface area contributed by atoms with Gasteiger partial charge in [0, 0.05) is 54.9 Å². The second kappa shape index (κ2) is 8.87. The van der Waals surface area contributed by atoms with Crippen molar-refractivity contribution < 1.29 is 5.11 Å². The van der Waals surface area contributed by atoms with Crippen molar-refractivity contribution in [2.24, 2.45) is 0 Å². The molecule has 0 saturated heterocycles. The summed E-state index contributed by atoms with van der Waals surface area (Å²) in [4.78, 5) is 17.4. The van der Waals surface area contributed by atoms with E-state index >= 15 is 0 Å². The predicted octanol–water partition coefficient (Wildman–Crippen LogP) is 2.38. The molecule has 1 atom stereocenters. The molecule has 0 bridgehead atoms. The molecule has 0 radical (unpaired) electrons. The lowest BCUT2D eigenvalue weighted by Crippen LogP contribution is -2.21. The van der Waals surface area contributed by atoms with Crippen LogP contribution in [-0.2, 0) is 6.42 Å². The Bertz CT molecular complexity index is 813. The molecule has 0 aliphatic rings. The predicted molar refractivity (Wildman–Crippen MR) is 102 cm³/mol. The molecule has 3 heterocycles. The standard InChI is InChI=1S/C19H22N6O/c1-14(13-26)23-19-24-17(15-5-9-20-10-6-15)12-18(25-19)22-11-7-16-4-2-3-8-21-16/h2-6,8-10,12,14,26H,7,11,13H2,1H3,(H2,22,23,24,25)/t14-/m0/s1. The molecule has 0 aliphatic carbocycles. The summed E-state index contributed by atoms with van der Waals surface area (Å²) in [5.74, 6) is 1.19. The Morgan fingerprint density at radius 2 is 1.92 bits per heavy atom. The second-order valence-corrected chi connectivity index (χ2v) is 5.92. The zero-order valence-corrected chi connectivity index (χ0v) is 14.6. The lowest BCUT2D eigenvalue weighted by molar-refractivity contribution is 0.281. The highest BCUT2D eigenvalue weighted by molar-refractivity contribution is 5.63. The average molecular weight is 350 g/mol. The van der Waals surface area contributed by atoms with Crippen LogP contribution in [0.1, 0.15) is 12.6 Å². The number of aliphatic hydroxyl groups is 1. The lowest BCUT2D eigenvalue weighted by Gasteiger charge is -2.14. The Hall–Kier alpha value is -3.06. The monoisotopic (exact) mass is 350 g/mol. The summed E-state index contributed by atoms with van der Waals surface area (Å²) in [7, 11) is 0. The third-order valence-corrected chi connectivity index (χ3v) is 3.76. The smallest absolute Gasteiger partial charge is 0.225 e. The van der Waals surface area contributed by atoms with Gasteiger partial charge in [0.1, 0.15) is 5.82 Å². The third-order valence-electron chi connectivity index (χ3n) is 3.76. The highest BCUT2D eigenvalue weighted by Gasteiger charge is 2.09. The van der Waals surface area contributed by atoms with E-state index in [-0.39, 0.29) is 12.6 Å². The van der Waals surface area contributed by atoms with Crippen molar-refractivity contribution in [2.75, 3.05) is 23.8 Å². The Labute approximate surface area is 152 Å². The molecular formula is C19H22N6O. The quantitative estimate of drug-likeness (QED) is 0.574. The summed E-state index contributed by atoms with van der Waals surface area (Å²) < 4.78 is 0. The maximum absolute atomic E-state index is 9.27. The lowest BCUT2D eigenvalue weighted by atomic mass is 10.2. The van der Waals surface area contributed by atoms with Gasteiger partial charge in [-0.05, 0) is 31.2 Å². The van der Waals surface area contributed by atoms with Crippen molar-refractivity contribution >= 4 is 11.8 Å². The fourth-order valence-electron chi connectivity index (χ4n) is 2.40. The van der Waals surface area contributed by atoms with Gasteiger partial charge in [-0.3, -0.25) is 9.97 Å². The highest BCUT2D eigenvalue weighted by Crippen LogP contribution is 2.21. The Morgan fingerprint density at radius 3 is 2.65 bits per heavy atom. The van der Waals surface area contributed by atoms with Crippen molar-refractivity contribution in [3.8, 4) is 11.3 Å². The number of aliphatic hydroxyl groups excluding tert-OH is 1. The van der Waals surface area contributed by atoms with Crippen LogP contribution >= 0.6 is 0 Å². The summed E-state index contributed by atoms with van der Waals surface area (Å²) in [6, 6.07) is 11.5. The molecule has 7 nitrogen and oxygen atoms in total. The van der Waals surface area contributed by atoms with E-state index in [2.05, 4.69) is 30.6 Å². The molecule has 0 aliphatic heterocycles. The first kappa shape index (κ1) is 17.8. The highest BCUT2D eigenvalue weighted by atomic mass is 16.3. The van der Waals surface area contributed by atoms with E-state index in [0.717, 1.165) is 29.2 Å². The van der Waals surface area contributed by atoms with E-state index in [1.54, 1.807) is 18.6 Å². The van der Waals surface area contributed by atoms with Crippen LogP contribution in [0, 0.1) is 0 Å². The Morgan fingerprint density at radius 1 is 1.08 bits per heavy atom. The second-order valence-electron chi connectivity index (χ2n) is 5.92. The minimum absolute atomic E-state index is 0.00524. The van der Waals surface area contributed by atoms with Crippen molar-refractivity contribution in [3.05, 3.63) is 60.7 Å². The minimum atomic E-state index is -0.135. The topological polar surface area (TPSA) is 95.8 Å². The van der Waals surface area contributed by atoms with Gasteiger partial charge in [-0.25, -0.2) is 4.98 Å². The summed E-state index contributed by atoms with van der Waals surface area (Å²) in [5.41, 5.74) is 2.76. The average Bonchev–Trinajstić information content (AvgIpc) is 2.69. The molecule has 0 saturated carbocycles. The van der Waals surface area contributed by atoms with Crippen LogP contribution in [0.25, 0.3) is 11.3 Å². The molecule has 3 rings (SSSR count). The van der Waals surface area contributed by atoms with E-state index < -0.39 is 0 Å². The van der Waals surface area contributed by atoms with Gasteiger partial charge in [-0.1, -0.05) is 6.07 Å². The van der Waals surface area contributed by atoms with Crippen molar-refractivity contribution in [1.29, 1.82) is 0 Å².